The molecule has 2 saturated heterocycles. The van der Waals surface area contributed by atoms with Gasteiger partial charge < -0.3 is 15.0 Å². The minimum Gasteiger partial charge on any atom is -0.375 e. The van der Waals surface area contributed by atoms with Crippen LogP contribution < -0.4 is 5.32 Å². The average Bonchev–Trinajstić information content (AvgIpc) is 2.81. The fourth-order valence-electron chi connectivity index (χ4n) is 4.44. The van der Waals surface area contributed by atoms with Crippen molar-refractivity contribution in [2.45, 2.75) is 69.6 Å². The van der Waals surface area contributed by atoms with E-state index in [1.54, 1.807) is 0 Å². The molecule has 2 heterocycles. The summed E-state index contributed by atoms with van der Waals surface area (Å²) in [4.78, 5) is 2.46. The van der Waals surface area contributed by atoms with Crippen LogP contribution >= 0.6 is 0 Å². The molecule has 0 aromatic heterocycles. The zero-order valence-electron chi connectivity index (χ0n) is 12.7. The summed E-state index contributed by atoms with van der Waals surface area (Å²) in [7, 11) is 2.24. The molecule has 0 radical (unpaired) electrons. The van der Waals surface area contributed by atoms with Crippen LogP contribution in [0.1, 0.15) is 51.9 Å². The van der Waals surface area contributed by atoms with Gasteiger partial charge in [0.15, 0.2) is 0 Å². The Bertz CT molecular complexity index is 301. The van der Waals surface area contributed by atoms with Crippen molar-refractivity contribution in [3.05, 3.63) is 0 Å². The molecule has 19 heavy (non-hydrogen) atoms. The molecule has 1 saturated carbocycles. The van der Waals surface area contributed by atoms with Crippen molar-refractivity contribution in [2.75, 3.05) is 26.7 Å². The number of nitrogens with one attached hydrogen (secondary N) is 1. The molecule has 3 unspecified atom stereocenters. The highest BCUT2D eigenvalue weighted by molar-refractivity contribution is 4.95. The maximum Gasteiger partial charge on any atom is 0.0697 e. The number of piperidine rings is 1. The summed E-state index contributed by atoms with van der Waals surface area (Å²) in [6.45, 7) is 5.86. The summed E-state index contributed by atoms with van der Waals surface area (Å²) in [5.41, 5.74) is 0.255. The van der Waals surface area contributed by atoms with Crippen LogP contribution in [0.15, 0.2) is 0 Å². The largest absolute Gasteiger partial charge is 0.375 e. The Hall–Kier alpha value is -0.120. The molecule has 3 rings (SSSR count). The molecule has 0 bridgehead atoms. The first kappa shape index (κ1) is 13.8. The zero-order valence-corrected chi connectivity index (χ0v) is 12.7. The van der Waals surface area contributed by atoms with Gasteiger partial charge in [-0.1, -0.05) is 19.8 Å². The first-order valence-electron chi connectivity index (χ1n) is 8.25. The molecule has 1 N–H and O–H groups in total. The van der Waals surface area contributed by atoms with Crippen LogP contribution in [0.25, 0.3) is 0 Å². The van der Waals surface area contributed by atoms with E-state index in [4.69, 9.17) is 4.74 Å². The predicted molar refractivity (Wildman–Crippen MR) is 78.4 cm³/mol. The molecule has 1 spiro atoms. The Morgan fingerprint density at radius 3 is 2.74 bits per heavy atom. The highest BCUT2D eigenvalue weighted by Crippen LogP contribution is 2.40. The fraction of sp³-hybridized carbons (Fsp3) is 1.00. The van der Waals surface area contributed by atoms with Crippen molar-refractivity contribution in [1.82, 2.24) is 10.2 Å². The van der Waals surface area contributed by atoms with Crippen LogP contribution in [-0.2, 0) is 4.74 Å². The van der Waals surface area contributed by atoms with Gasteiger partial charge in [-0.3, -0.25) is 0 Å². The van der Waals surface area contributed by atoms with E-state index in [2.05, 4.69) is 24.2 Å². The van der Waals surface area contributed by atoms with E-state index in [0.29, 0.717) is 6.04 Å². The van der Waals surface area contributed by atoms with Gasteiger partial charge in [0.2, 0.25) is 0 Å². The second-order valence-corrected chi connectivity index (χ2v) is 7.23. The molecule has 3 aliphatic rings. The van der Waals surface area contributed by atoms with Crippen LogP contribution in [0.2, 0.25) is 0 Å². The third-order valence-corrected chi connectivity index (χ3v) is 5.57. The molecule has 1 aliphatic carbocycles. The van der Waals surface area contributed by atoms with Gasteiger partial charge in [0.1, 0.15) is 0 Å². The topological polar surface area (TPSA) is 24.5 Å². The standard InChI is InChI=1S/C16H30N2O/c1-13-12-18(2)9-5-15(13)17-14-6-10-19-16(11-14)7-3-4-8-16/h13-15,17H,3-12H2,1-2H3. The Morgan fingerprint density at radius 2 is 2.00 bits per heavy atom. The Kier molecular flexibility index (Phi) is 4.16. The average molecular weight is 266 g/mol. The molecular formula is C16H30N2O. The van der Waals surface area contributed by atoms with Gasteiger partial charge in [-0.05, 0) is 51.6 Å². The number of rotatable bonds is 2. The first-order chi connectivity index (χ1) is 9.17. The van der Waals surface area contributed by atoms with E-state index >= 15 is 0 Å². The first-order valence-corrected chi connectivity index (χ1v) is 8.25. The highest BCUT2D eigenvalue weighted by atomic mass is 16.5. The van der Waals surface area contributed by atoms with Gasteiger partial charge in [-0.2, -0.15) is 0 Å². The molecule has 2 aliphatic heterocycles. The smallest absolute Gasteiger partial charge is 0.0697 e. The minimum absolute atomic E-state index is 0.255. The Balaban J connectivity index is 1.54. The van der Waals surface area contributed by atoms with Crippen molar-refractivity contribution >= 4 is 0 Å². The van der Waals surface area contributed by atoms with Gasteiger partial charge in [-0.25, -0.2) is 0 Å². The maximum absolute atomic E-state index is 6.14. The summed E-state index contributed by atoms with van der Waals surface area (Å²) in [5.74, 6) is 0.779. The quantitative estimate of drug-likeness (QED) is 0.830. The lowest BCUT2D eigenvalue weighted by Gasteiger charge is -2.43. The molecule has 0 aromatic rings. The second kappa shape index (κ2) is 5.71. The number of nitrogens with zero attached hydrogens (tertiary/aromatic N) is 1. The van der Waals surface area contributed by atoms with E-state index in [-0.39, 0.29) is 5.60 Å². The molecular weight excluding hydrogens is 236 g/mol. The van der Waals surface area contributed by atoms with Crippen LogP contribution in [0.4, 0.5) is 0 Å². The van der Waals surface area contributed by atoms with Crippen LogP contribution in [-0.4, -0.2) is 49.3 Å². The normalized spacial score (nSPS) is 39.8. The number of likely N-dealkylation sites (tertiary alicyclic amines) is 1. The van der Waals surface area contributed by atoms with Gasteiger partial charge in [-0.15, -0.1) is 0 Å². The monoisotopic (exact) mass is 266 g/mol. The fourth-order valence-corrected chi connectivity index (χ4v) is 4.44. The number of hydrogen-bond donors (Lipinski definition) is 1. The highest BCUT2D eigenvalue weighted by Gasteiger charge is 2.40. The van der Waals surface area contributed by atoms with Crippen LogP contribution in [0, 0.1) is 5.92 Å². The molecule has 3 atom stereocenters. The van der Waals surface area contributed by atoms with E-state index in [1.165, 1.54) is 58.0 Å². The molecule has 3 fully saturated rings. The van der Waals surface area contributed by atoms with Gasteiger partial charge in [0.05, 0.1) is 5.60 Å². The van der Waals surface area contributed by atoms with Crippen molar-refractivity contribution in [3.63, 3.8) is 0 Å². The van der Waals surface area contributed by atoms with Crippen molar-refractivity contribution in [3.8, 4) is 0 Å². The van der Waals surface area contributed by atoms with Crippen molar-refractivity contribution < 1.29 is 4.74 Å². The van der Waals surface area contributed by atoms with Crippen LogP contribution in [0.3, 0.4) is 0 Å². The minimum atomic E-state index is 0.255. The summed E-state index contributed by atoms with van der Waals surface area (Å²) >= 11 is 0. The number of ether oxygens (including phenoxy) is 1. The Morgan fingerprint density at radius 1 is 1.21 bits per heavy atom. The second-order valence-electron chi connectivity index (χ2n) is 7.23. The summed E-state index contributed by atoms with van der Waals surface area (Å²) in [6.07, 6.45) is 9.12. The maximum atomic E-state index is 6.14. The summed E-state index contributed by atoms with van der Waals surface area (Å²) in [5, 5.41) is 3.97. The predicted octanol–water partition coefficient (Wildman–Crippen LogP) is 2.41. The van der Waals surface area contributed by atoms with E-state index in [1.807, 2.05) is 0 Å². The van der Waals surface area contributed by atoms with E-state index < -0.39 is 0 Å². The van der Waals surface area contributed by atoms with E-state index in [0.717, 1.165) is 18.6 Å². The van der Waals surface area contributed by atoms with Crippen LogP contribution in [0.5, 0.6) is 0 Å². The van der Waals surface area contributed by atoms with Gasteiger partial charge in [0, 0.05) is 25.2 Å². The SMILES string of the molecule is CC1CN(C)CCC1NC1CCOC2(CCCC2)C1. The lowest BCUT2D eigenvalue weighted by Crippen LogP contribution is -2.54. The lowest BCUT2D eigenvalue weighted by molar-refractivity contribution is -0.0860. The third-order valence-electron chi connectivity index (χ3n) is 5.57. The zero-order chi connectivity index (χ0) is 13.3. The summed E-state index contributed by atoms with van der Waals surface area (Å²) in [6, 6.07) is 1.42. The van der Waals surface area contributed by atoms with E-state index in [9.17, 15) is 0 Å². The van der Waals surface area contributed by atoms with Gasteiger partial charge >= 0.3 is 0 Å². The summed E-state index contributed by atoms with van der Waals surface area (Å²) < 4.78 is 6.14. The van der Waals surface area contributed by atoms with Crippen molar-refractivity contribution in [1.29, 1.82) is 0 Å². The molecule has 3 heteroatoms. The number of hydrogen-bond acceptors (Lipinski definition) is 3. The van der Waals surface area contributed by atoms with Crippen molar-refractivity contribution in [2.24, 2.45) is 5.92 Å². The lowest BCUT2D eigenvalue weighted by atomic mass is 9.86. The molecule has 3 nitrogen and oxygen atoms in total. The van der Waals surface area contributed by atoms with Gasteiger partial charge in [0.25, 0.3) is 0 Å². The molecule has 110 valence electrons. The molecule has 0 aromatic carbocycles. The Labute approximate surface area is 118 Å². The molecule has 0 amide bonds. The third kappa shape index (κ3) is 3.14.